The average molecular weight is 286 g/mol. The molecule has 0 aromatic carbocycles. The van der Waals surface area contributed by atoms with Crippen LogP contribution in [0.5, 0.6) is 0 Å². The molecule has 0 aliphatic heterocycles. The molecule has 0 heterocycles. The van der Waals surface area contributed by atoms with E-state index in [1.54, 1.807) is 0 Å². The van der Waals surface area contributed by atoms with Crippen molar-refractivity contribution in [2.24, 2.45) is 0 Å². The van der Waals surface area contributed by atoms with Crippen molar-refractivity contribution in [2.75, 3.05) is 13.2 Å². The smallest absolute Gasteiger partial charge is 0.375 e. The Labute approximate surface area is 97.4 Å². The molecular weight excluding hydrogens is 276 g/mol. The molecule has 0 aromatic rings. The first-order valence-corrected chi connectivity index (χ1v) is 4.61. The van der Waals surface area contributed by atoms with Gasteiger partial charge < -0.3 is 4.74 Å². The Morgan fingerprint density at radius 1 is 1.06 bits per heavy atom. The lowest BCUT2D eigenvalue weighted by molar-refractivity contribution is -0.345. The summed E-state index contributed by atoms with van der Waals surface area (Å²) in [6.07, 6.45) is -3.68. The molecule has 0 saturated carbocycles. The van der Waals surface area contributed by atoms with Crippen LogP contribution < -0.4 is 0 Å². The molecule has 0 aliphatic carbocycles. The summed E-state index contributed by atoms with van der Waals surface area (Å²) in [4.78, 5) is 0. The van der Waals surface area contributed by atoms with Gasteiger partial charge in [-0.05, 0) is 6.42 Å². The Kier molecular flexibility index (Phi) is 5.57. The highest BCUT2D eigenvalue weighted by molar-refractivity contribution is 4.97. The molecule has 0 atom stereocenters. The van der Waals surface area contributed by atoms with Crippen LogP contribution in [0, 0.1) is 0 Å². The molecule has 0 spiro atoms. The highest BCUT2D eigenvalue weighted by Crippen LogP contribution is 2.48. The summed E-state index contributed by atoms with van der Waals surface area (Å²) in [5.41, 5.74) is 0. The van der Waals surface area contributed by atoms with Crippen molar-refractivity contribution in [2.45, 2.75) is 30.6 Å². The van der Waals surface area contributed by atoms with Gasteiger partial charge in [0.2, 0.25) is 0 Å². The van der Waals surface area contributed by atoms with Crippen LogP contribution in [0.3, 0.4) is 0 Å². The summed E-state index contributed by atoms with van der Waals surface area (Å²) in [5.74, 6) is -17.8. The van der Waals surface area contributed by atoms with E-state index in [2.05, 4.69) is 11.3 Å². The van der Waals surface area contributed by atoms with Gasteiger partial charge in [-0.15, -0.1) is 6.58 Å². The summed E-state index contributed by atoms with van der Waals surface area (Å²) in [7, 11) is 0. The van der Waals surface area contributed by atoms with E-state index in [1.165, 1.54) is 6.08 Å². The van der Waals surface area contributed by atoms with Gasteiger partial charge >= 0.3 is 24.2 Å². The predicted molar refractivity (Wildman–Crippen MR) is 46.5 cm³/mol. The third kappa shape index (κ3) is 3.33. The third-order valence-electron chi connectivity index (χ3n) is 1.90. The Hall–Kier alpha value is -0.860. The van der Waals surface area contributed by atoms with Crippen molar-refractivity contribution in [1.82, 2.24) is 0 Å². The molecule has 1 nitrogen and oxygen atoms in total. The summed E-state index contributed by atoms with van der Waals surface area (Å²) >= 11 is 0. The lowest BCUT2D eigenvalue weighted by Crippen LogP contribution is -2.59. The highest BCUT2D eigenvalue weighted by Gasteiger charge is 2.75. The predicted octanol–water partition coefficient (Wildman–Crippen LogP) is 3.75. The standard InChI is InChI=1S/C9H10F8O/c1-2-3-4-18-5-7(12,13)9(16,17)8(14,15)6(10)11/h2,6H,1,3-5H2. The largest absolute Gasteiger partial charge is 0.380 e. The van der Waals surface area contributed by atoms with Gasteiger partial charge in [0.05, 0.1) is 6.61 Å². The van der Waals surface area contributed by atoms with Crippen molar-refractivity contribution < 1.29 is 39.9 Å². The molecule has 0 rings (SSSR count). The van der Waals surface area contributed by atoms with Crippen LogP contribution in [-0.4, -0.2) is 37.4 Å². The van der Waals surface area contributed by atoms with E-state index in [0.29, 0.717) is 0 Å². The molecule has 9 heteroatoms. The lowest BCUT2D eigenvalue weighted by Gasteiger charge is -2.31. The number of alkyl halides is 8. The minimum atomic E-state index is -6.21. The van der Waals surface area contributed by atoms with Crippen LogP contribution in [0.15, 0.2) is 12.7 Å². The van der Waals surface area contributed by atoms with Crippen molar-refractivity contribution >= 4 is 0 Å². The fourth-order valence-electron chi connectivity index (χ4n) is 0.839. The SMILES string of the molecule is C=CCCOCC(F)(F)C(F)(F)C(F)(F)C(F)F. The van der Waals surface area contributed by atoms with E-state index in [9.17, 15) is 35.1 Å². The summed E-state index contributed by atoms with van der Waals surface area (Å²) in [6.45, 7) is 0.621. The molecule has 0 saturated heterocycles. The molecule has 0 fully saturated rings. The average Bonchev–Trinajstić information content (AvgIpc) is 2.23. The van der Waals surface area contributed by atoms with Crippen LogP contribution >= 0.6 is 0 Å². The first-order chi connectivity index (χ1) is 8.00. The topological polar surface area (TPSA) is 9.23 Å². The van der Waals surface area contributed by atoms with Gasteiger partial charge in [0.25, 0.3) is 0 Å². The summed E-state index contributed by atoms with van der Waals surface area (Å²) in [6, 6.07) is 0. The zero-order valence-corrected chi connectivity index (χ0v) is 8.92. The van der Waals surface area contributed by atoms with E-state index in [-0.39, 0.29) is 6.42 Å². The molecule has 0 radical (unpaired) electrons. The van der Waals surface area contributed by atoms with Crippen LogP contribution in [0.4, 0.5) is 35.1 Å². The number of hydrogen-bond acceptors (Lipinski definition) is 1. The Morgan fingerprint density at radius 2 is 1.56 bits per heavy atom. The van der Waals surface area contributed by atoms with Gasteiger partial charge in [-0.25, -0.2) is 8.78 Å². The third-order valence-corrected chi connectivity index (χ3v) is 1.90. The van der Waals surface area contributed by atoms with Gasteiger partial charge in [-0.1, -0.05) is 6.08 Å². The van der Waals surface area contributed by atoms with Crippen LogP contribution in [0.1, 0.15) is 6.42 Å². The summed E-state index contributed by atoms with van der Waals surface area (Å²) < 4.78 is 103. The van der Waals surface area contributed by atoms with Gasteiger partial charge in [0.15, 0.2) is 0 Å². The Morgan fingerprint density at radius 3 is 1.94 bits per heavy atom. The normalized spacial score (nSPS) is 14.1. The second-order valence-electron chi connectivity index (χ2n) is 3.33. The Bertz CT molecular complexity index is 276. The van der Waals surface area contributed by atoms with E-state index in [4.69, 9.17) is 0 Å². The molecule has 18 heavy (non-hydrogen) atoms. The van der Waals surface area contributed by atoms with Gasteiger partial charge in [0.1, 0.15) is 6.61 Å². The zero-order valence-electron chi connectivity index (χ0n) is 8.92. The molecule has 108 valence electrons. The van der Waals surface area contributed by atoms with Crippen LogP contribution in [-0.2, 0) is 4.74 Å². The first-order valence-electron chi connectivity index (χ1n) is 4.61. The molecular formula is C9H10F8O. The van der Waals surface area contributed by atoms with Gasteiger partial charge in [-0.3, -0.25) is 0 Å². The maximum absolute atomic E-state index is 12.8. The van der Waals surface area contributed by atoms with Gasteiger partial charge in [0, 0.05) is 0 Å². The fourth-order valence-corrected chi connectivity index (χ4v) is 0.839. The Balaban J connectivity index is 4.79. The maximum Gasteiger partial charge on any atom is 0.380 e. The monoisotopic (exact) mass is 286 g/mol. The fraction of sp³-hybridized carbons (Fsp3) is 0.778. The molecule has 0 N–H and O–H groups in total. The second kappa shape index (κ2) is 5.85. The van der Waals surface area contributed by atoms with Crippen molar-refractivity contribution in [1.29, 1.82) is 0 Å². The number of rotatable bonds is 8. The number of ether oxygens (including phenoxy) is 1. The molecule has 0 aliphatic rings. The van der Waals surface area contributed by atoms with Crippen LogP contribution in [0.2, 0.25) is 0 Å². The van der Waals surface area contributed by atoms with Crippen molar-refractivity contribution in [3.8, 4) is 0 Å². The minimum Gasteiger partial charge on any atom is -0.375 e. The molecule has 0 aromatic heterocycles. The first kappa shape index (κ1) is 17.1. The van der Waals surface area contributed by atoms with Crippen molar-refractivity contribution in [3.05, 3.63) is 12.7 Å². The van der Waals surface area contributed by atoms with Crippen LogP contribution in [0.25, 0.3) is 0 Å². The van der Waals surface area contributed by atoms with E-state index in [0.717, 1.165) is 0 Å². The van der Waals surface area contributed by atoms with E-state index in [1.807, 2.05) is 0 Å². The summed E-state index contributed by atoms with van der Waals surface area (Å²) in [5, 5.41) is 0. The van der Waals surface area contributed by atoms with Crippen molar-refractivity contribution in [3.63, 3.8) is 0 Å². The zero-order chi connectivity index (χ0) is 14.6. The highest BCUT2D eigenvalue weighted by atomic mass is 19.4. The molecule has 0 amide bonds. The second-order valence-corrected chi connectivity index (χ2v) is 3.33. The number of halogens is 8. The van der Waals surface area contributed by atoms with E-state index >= 15 is 0 Å². The number of hydrogen-bond donors (Lipinski definition) is 0. The molecule has 0 unspecified atom stereocenters. The maximum atomic E-state index is 12.8. The van der Waals surface area contributed by atoms with E-state index < -0.39 is 37.4 Å². The lowest BCUT2D eigenvalue weighted by atomic mass is 10.1. The quantitative estimate of drug-likeness (QED) is 0.375. The van der Waals surface area contributed by atoms with Gasteiger partial charge in [-0.2, -0.15) is 26.3 Å². The minimum absolute atomic E-state index is 0.0207. The molecule has 0 bridgehead atoms.